The van der Waals surface area contributed by atoms with Gasteiger partial charge in [-0.15, -0.1) is 0 Å². The van der Waals surface area contributed by atoms with E-state index in [2.05, 4.69) is 0 Å². The number of hydrogen-bond acceptors (Lipinski definition) is 3. The third-order valence-electron chi connectivity index (χ3n) is 2.53. The van der Waals surface area contributed by atoms with Crippen LogP contribution in [-0.4, -0.2) is 14.7 Å². The molecule has 1 atom stereocenters. The molecule has 3 nitrogen and oxygen atoms in total. The Morgan fingerprint density at radius 3 is 2.24 bits per heavy atom. The summed E-state index contributed by atoms with van der Waals surface area (Å²) < 4.78 is 60.3. The molecule has 0 spiro atoms. The number of benzene rings is 1. The Bertz CT molecular complexity index is 523. The molecule has 1 aromatic rings. The van der Waals surface area contributed by atoms with E-state index in [0.717, 1.165) is 18.4 Å². The summed E-state index contributed by atoms with van der Waals surface area (Å²) in [5.74, 6) is 0. The van der Waals surface area contributed by atoms with Crippen molar-refractivity contribution in [2.45, 2.75) is 18.3 Å². The number of hydrogen-bond donors (Lipinski definition) is 1. The van der Waals surface area contributed by atoms with Crippen LogP contribution < -0.4 is 5.73 Å². The molecule has 0 aliphatic rings. The zero-order valence-electron chi connectivity index (χ0n) is 9.25. The fraction of sp³-hybridized carbons (Fsp3) is 0.400. The number of alkyl halides is 3. The maximum atomic E-state index is 12.6. The van der Waals surface area contributed by atoms with Crippen LogP contribution >= 0.6 is 0 Å². The molecule has 0 fully saturated rings. The lowest BCUT2D eigenvalue weighted by molar-refractivity contribution is -0.136. The minimum absolute atomic E-state index is 0.0256. The van der Waals surface area contributed by atoms with Crippen molar-refractivity contribution < 1.29 is 21.6 Å². The van der Waals surface area contributed by atoms with E-state index in [0.29, 0.717) is 0 Å². The van der Waals surface area contributed by atoms with Crippen LogP contribution in [0.25, 0.3) is 0 Å². The van der Waals surface area contributed by atoms with Crippen molar-refractivity contribution in [1.82, 2.24) is 0 Å². The van der Waals surface area contributed by atoms with Crippen LogP contribution in [-0.2, 0) is 16.0 Å². The van der Waals surface area contributed by atoms with Crippen molar-refractivity contribution in [1.29, 1.82) is 0 Å². The molecule has 0 radical (unpaired) electrons. The summed E-state index contributed by atoms with van der Waals surface area (Å²) >= 11 is 0. The molecule has 2 N–H and O–H groups in total. The van der Waals surface area contributed by atoms with Crippen LogP contribution in [0.4, 0.5) is 18.9 Å². The molecule has 96 valence electrons. The van der Waals surface area contributed by atoms with E-state index in [4.69, 9.17) is 5.73 Å². The summed E-state index contributed by atoms with van der Waals surface area (Å²) in [5, 5.41) is -1.07. The van der Waals surface area contributed by atoms with Crippen molar-refractivity contribution in [2.75, 3.05) is 12.0 Å². The summed E-state index contributed by atoms with van der Waals surface area (Å²) in [6, 6.07) is 3.26. The smallest absolute Gasteiger partial charge is 0.398 e. The van der Waals surface area contributed by atoms with Crippen molar-refractivity contribution in [3.8, 4) is 0 Å². The van der Waals surface area contributed by atoms with Gasteiger partial charge in [0, 0.05) is 11.9 Å². The predicted octanol–water partition coefficient (Wildman–Crippen LogP) is 2.39. The van der Waals surface area contributed by atoms with Crippen LogP contribution in [0, 0.1) is 0 Å². The van der Waals surface area contributed by atoms with Gasteiger partial charge < -0.3 is 5.73 Å². The summed E-state index contributed by atoms with van der Waals surface area (Å²) in [7, 11) is -3.49. The van der Waals surface area contributed by atoms with E-state index >= 15 is 0 Å². The lowest BCUT2D eigenvalue weighted by Crippen LogP contribution is -2.15. The van der Waals surface area contributed by atoms with Crippen molar-refractivity contribution in [3.63, 3.8) is 0 Å². The number of nitrogen functional groups attached to an aromatic ring is 1. The molecule has 0 aliphatic heterocycles. The van der Waals surface area contributed by atoms with Gasteiger partial charge in [-0.25, -0.2) is 8.42 Å². The van der Waals surface area contributed by atoms with Crippen molar-refractivity contribution in [3.05, 3.63) is 29.3 Å². The lowest BCUT2D eigenvalue weighted by Gasteiger charge is -2.17. The lowest BCUT2D eigenvalue weighted by atomic mass is 10.0. The molecule has 0 saturated carbocycles. The van der Waals surface area contributed by atoms with Crippen LogP contribution in [0.2, 0.25) is 0 Å². The van der Waals surface area contributed by atoms with E-state index in [1.54, 1.807) is 0 Å². The second-order valence-corrected chi connectivity index (χ2v) is 6.14. The maximum absolute atomic E-state index is 12.6. The molecule has 0 amide bonds. The van der Waals surface area contributed by atoms with Crippen LogP contribution in [0.3, 0.4) is 0 Å². The Morgan fingerprint density at radius 2 is 1.82 bits per heavy atom. The van der Waals surface area contributed by atoms with E-state index in [-0.39, 0.29) is 5.56 Å². The van der Waals surface area contributed by atoms with E-state index in [9.17, 15) is 21.6 Å². The average molecular weight is 267 g/mol. The molecule has 7 heteroatoms. The normalized spacial score (nSPS) is 14.6. The van der Waals surface area contributed by atoms with Crippen molar-refractivity contribution >= 4 is 15.5 Å². The van der Waals surface area contributed by atoms with Gasteiger partial charge in [0.2, 0.25) is 0 Å². The first-order valence-electron chi connectivity index (χ1n) is 4.69. The Morgan fingerprint density at radius 1 is 1.29 bits per heavy atom. The average Bonchev–Trinajstić information content (AvgIpc) is 2.13. The topological polar surface area (TPSA) is 60.2 Å². The van der Waals surface area contributed by atoms with Gasteiger partial charge in [-0.1, -0.05) is 12.1 Å². The van der Waals surface area contributed by atoms with E-state index in [1.165, 1.54) is 13.0 Å². The fourth-order valence-corrected chi connectivity index (χ4v) is 2.08. The zero-order chi connectivity index (χ0) is 13.4. The molecule has 1 rings (SSSR count). The fourth-order valence-electron chi connectivity index (χ4n) is 1.42. The van der Waals surface area contributed by atoms with Crippen LogP contribution in [0.15, 0.2) is 18.2 Å². The summed E-state index contributed by atoms with van der Waals surface area (Å²) in [6.07, 6.45) is -3.63. The highest BCUT2D eigenvalue weighted by atomic mass is 32.2. The minimum Gasteiger partial charge on any atom is -0.398 e. The third kappa shape index (κ3) is 2.91. The second kappa shape index (κ2) is 4.21. The highest BCUT2D eigenvalue weighted by molar-refractivity contribution is 7.90. The Balaban J connectivity index is 3.40. The molecule has 0 aromatic heterocycles. The van der Waals surface area contributed by atoms with Gasteiger partial charge in [0.1, 0.15) is 0 Å². The van der Waals surface area contributed by atoms with Gasteiger partial charge in [-0.05, 0) is 18.6 Å². The third-order valence-corrected chi connectivity index (χ3v) is 4.06. The summed E-state index contributed by atoms with van der Waals surface area (Å²) in [6.45, 7) is 1.31. The zero-order valence-corrected chi connectivity index (χ0v) is 10.1. The van der Waals surface area contributed by atoms with Gasteiger partial charge in [0.05, 0.1) is 10.8 Å². The number of anilines is 1. The Labute approximate surface area is 97.4 Å². The molecular formula is C10H12F3NO2S. The highest BCUT2D eigenvalue weighted by Crippen LogP contribution is 2.37. The van der Waals surface area contributed by atoms with Gasteiger partial charge in [0.25, 0.3) is 0 Å². The van der Waals surface area contributed by atoms with Gasteiger partial charge in [0.15, 0.2) is 9.84 Å². The van der Waals surface area contributed by atoms with Gasteiger partial charge in [-0.2, -0.15) is 13.2 Å². The summed E-state index contributed by atoms with van der Waals surface area (Å²) in [5.41, 5.74) is 3.82. The van der Waals surface area contributed by atoms with Crippen molar-refractivity contribution in [2.24, 2.45) is 0 Å². The molecule has 0 bridgehead atoms. The quantitative estimate of drug-likeness (QED) is 0.837. The standard InChI is InChI=1S/C10H12F3NO2S/c1-6(17(2,15)16)7-4-3-5-8(9(7)14)10(11,12)13/h3-6H,14H2,1-2H3. The second-order valence-electron chi connectivity index (χ2n) is 3.78. The Hall–Kier alpha value is -1.24. The number of rotatable bonds is 2. The first-order chi connectivity index (χ1) is 7.55. The molecule has 0 heterocycles. The van der Waals surface area contributed by atoms with E-state index in [1.807, 2.05) is 0 Å². The van der Waals surface area contributed by atoms with Crippen LogP contribution in [0.5, 0.6) is 0 Å². The monoisotopic (exact) mass is 267 g/mol. The van der Waals surface area contributed by atoms with Gasteiger partial charge in [-0.3, -0.25) is 0 Å². The predicted molar refractivity (Wildman–Crippen MR) is 59.1 cm³/mol. The van der Waals surface area contributed by atoms with Gasteiger partial charge >= 0.3 is 6.18 Å². The SMILES string of the molecule is CC(c1cccc(C(F)(F)F)c1N)S(C)(=O)=O. The first kappa shape index (κ1) is 13.8. The number of nitrogens with two attached hydrogens (primary N) is 1. The largest absolute Gasteiger partial charge is 0.418 e. The van der Waals surface area contributed by atoms with E-state index < -0.39 is 32.5 Å². The molecule has 0 saturated heterocycles. The molecule has 1 aromatic carbocycles. The van der Waals surface area contributed by atoms with Crippen LogP contribution in [0.1, 0.15) is 23.3 Å². The minimum atomic E-state index is -4.59. The number of para-hydroxylation sites is 1. The molecular weight excluding hydrogens is 255 g/mol. The number of sulfone groups is 1. The molecule has 17 heavy (non-hydrogen) atoms. The first-order valence-corrected chi connectivity index (χ1v) is 6.65. The summed E-state index contributed by atoms with van der Waals surface area (Å²) in [4.78, 5) is 0. The Kier molecular flexibility index (Phi) is 3.42. The molecule has 0 aliphatic carbocycles. The maximum Gasteiger partial charge on any atom is 0.418 e. The number of halogens is 3. The molecule has 1 unspecified atom stereocenters. The highest BCUT2D eigenvalue weighted by Gasteiger charge is 2.34.